The maximum Gasteiger partial charge on any atom is 0.238 e. The topological polar surface area (TPSA) is 78.8 Å². The molecule has 2 aromatic rings. The first-order valence-electron chi connectivity index (χ1n) is 8.57. The number of carbonyl (C=O) groups is 1. The van der Waals surface area contributed by atoms with E-state index in [9.17, 15) is 4.79 Å². The molecule has 1 amide bonds. The third-order valence-electron chi connectivity index (χ3n) is 4.65. The molecule has 2 aromatic heterocycles. The molecule has 0 aromatic carbocycles. The molecule has 24 heavy (non-hydrogen) atoms. The summed E-state index contributed by atoms with van der Waals surface area (Å²) in [4.78, 5) is 14.7. The van der Waals surface area contributed by atoms with Crippen molar-refractivity contribution in [3.63, 3.8) is 0 Å². The summed E-state index contributed by atoms with van der Waals surface area (Å²) < 4.78 is 1.99. The number of carbonyl (C=O) groups excluding carboxylic acids is 1. The van der Waals surface area contributed by atoms with Gasteiger partial charge in [0.25, 0.3) is 0 Å². The largest absolute Gasteiger partial charge is 0.322 e. The Morgan fingerprint density at radius 3 is 2.88 bits per heavy atom. The van der Waals surface area contributed by atoms with Gasteiger partial charge in [0, 0.05) is 12.2 Å². The Kier molecular flexibility index (Phi) is 4.99. The highest BCUT2D eigenvalue weighted by Crippen LogP contribution is 2.20. The first-order valence-corrected chi connectivity index (χ1v) is 8.57. The SMILES string of the molecule is Cc1cnn(C[C@@H]2CCCCN2CC(=O)Nc2c(C)n[nH]c2C)c1. The zero-order valence-corrected chi connectivity index (χ0v) is 14.7. The van der Waals surface area contributed by atoms with E-state index in [2.05, 4.69) is 31.7 Å². The van der Waals surface area contributed by atoms with E-state index < -0.39 is 0 Å². The van der Waals surface area contributed by atoms with Crippen molar-refractivity contribution in [2.24, 2.45) is 0 Å². The Hall–Kier alpha value is -2.15. The molecule has 3 rings (SSSR count). The van der Waals surface area contributed by atoms with Gasteiger partial charge in [-0.3, -0.25) is 19.5 Å². The number of anilines is 1. The van der Waals surface area contributed by atoms with Gasteiger partial charge in [0.15, 0.2) is 0 Å². The molecule has 1 fully saturated rings. The lowest BCUT2D eigenvalue weighted by Gasteiger charge is -2.35. The lowest BCUT2D eigenvalue weighted by atomic mass is 10.0. The second-order valence-electron chi connectivity index (χ2n) is 6.72. The van der Waals surface area contributed by atoms with Gasteiger partial charge in [-0.2, -0.15) is 10.2 Å². The second-order valence-corrected chi connectivity index (χ2v) is 6.72. The smallest absolute Gasteiger partial charge is 0.238 e. The number of aryl methyl sites for hydroxylation is 3. The van der Waals surface area contributed by atoms with Gasteiger partial charge in [-0.15, -0.1) is 0 Å². The average Bonchev–Trinajstić information content (AvgIpc) is 3.09. The molecule has 1 atom stereocenters. The van der Waals surface area contributed by atoms with Crippen molar-refractivity contribution >= 4 is 11.6 Å². The van der Waals surface area contributed by atoms with E-state index in [0.29, 0.717) is 12.6 Å². The van der Waals surface area contributed by atoms with Crippen LogP contribution in [0.5, 0.6) is 0 Å². The standard InChI is InChI=1S/C17H26N6O/c1-12-8-18-23(9-12)10-15-6-4-5-7-22(15)11-16(24)19-17-13(2)20-21-14(17)3/h8-9,15H,4-7,10-11H2,1-3H3,(H,19,24)(H,20,21)/t15-/m0/s1. The average molecular weight is 330 g/mol. The highest BCUT2D eigenvalue weighted by molar-refractivity contribution is 5.93. The number of nitrogens with one attached hydrogen (secondary N) is 2. The summed E-state index contributed by atoms with van der Waals surface area (Å²) in [5.74, 6) is 0.0196. The van der Waals surface area contributed by atoms with Crippen LogP contribution in [0.1, 0.15) is 36.2 Å². The number of likely N-dealkylation sites (tertiary alicyclic amines) is 1. The molecule has 130 valence electrons. The summed E-state index contributed by atoms with van der Waals surface area (Å²) in [7, 11) is 0. The number of aromatic amines is 1. The third kappa shape index (κ3) is 3.84. The highest BCUT2D eigenvalue weighted by Gasteiger charge is 2.25. The number of amides is 1. The van der Waals surface area contributed by atoms with Gasteiger partial charge in [0.1, 0.15) is 0 Å². The molecule has 0 unspecified atom stereocenters. The lowest BCUT2D eigenvalue weighted by molar-refractivity contribution is -0.118. The van der Waals surface area contributed by atoms with Crippen LogP contribution in [0.25, 0.3) is 0 Å². The monoisotopic (exact) mass is 330 g/mol. The number of hydrogen-bond acceptors (Lipinski definition) is 4. The summed E-state index contributed by atoms with van der Waals surface area (Å²) in [5.41, 5.74) is 3.68. The van der Waals surface area contributed by atoms with Crippen molar-refractivity contribution in [3.05, 3.63) is 29.3 Å². The van der Waals surface area contributed by atoms with E-state index in [0.717, 1.165) is 43.0 Å². The molecule has 7 heteroatoms. The van der Waals surface area contributed by atoms with Gasteiger partial charge >= 0.3 is 0 Å². The van der Waals surface area contributed by atoms with E-state index in [1.807, 2.05) is 31.6 Å². The van der Waals surface area contributed by atoms with Gasteiger partial charge in [0.05, 0.1) is 36.4 Å². The summed E-state index contributed by atoms with van der Waals surface area (Å²) in [5, 5.41) is 14.4. The Labute approximate surface area is 142 Å². The molecule has 1 aliphatic rings. The minimum absolute atomic E-state index is 0.0196. The molecule has 1 aliphatic heterocycles. The quantitative estimate of drug-likeness (QED) is 0.879. The zero-order valence-electron chi connectivity index (χ0n) is 14.7. The normalized spacial score (nSPS) is 18.7. The molecule has 0 radical (unpaired) electrons. The van der Waals surface area contributed by atoms with Crippen LogP contribution in [0.2, 0.25) is 0 Å². The number of hydrogen-bond donors (Lipinski definition) is 2. The first-order chi connectivity index (χ1) is 11.5. The summed E-state index contributed by atoms with van der Waals surface area (Å²) in [6, 6.07) is 0.357. The van der Waals surface area contributed by atoms with Gasteiger partial charge < -0.3 is 5.32 Å². The van der Waals surface area contributed by atoms with E-state index in [1.165, 1.54) is 12.0 Å². The van der Waals surface area contributed by atoms with Crippen LogP contribution in [0.15, 0.2) is 12.4 Å². The fourth-order valence-electron chi connectivity index (χ4n) is 3.36. The molecule has 0 bridgehead atoms. The van der Waals surface area contributed by atoms with Crippen LogP contribution >= 0.6 is 0 Å². The van der Waals surface area contributed by atoms with Gasteiger partial charge in [-0.05, 0) is 45.7 Å². The predicted molar refractivity (Wildman–Crippen MR) is 92.9 cm³/mol. The van der Waals surface area contributed by atoms with Crippen LogP contribution in [-0.4, -0.2) is 49.9 Å². The first kappa shape index (κ1) is 16.7. The molecule has 2 N–H and O–H groups in total. The predicted octanol–water partition coefficient (Wildman–Crippen LogP) is 2.02. The van der Waals surface area contributed by atoms with Gasteiger partial charge in [-0.25, -0.2) is 0 Å². The van der Waals surface area contributed by atoms with E-state index in [4.69, 9.17) is 0 Å². The van der Waals surface area contributed by atoms with E-state index >= 15 is 0 Å². The number of piperidine rings is 1. The molecule has 1 saturated heterocycles. The molecule has 0 aliphatic carbocycles. The Morgan fingerprint density at radius 2 is 2.21 bits per heavy atom. The van der Waals surface area contributed by atoms with Crippen molar-refractivity contribution in [3.8, 4) is 0 Å². The summed E-state index contributed by atoms with van der Waals surface area (Å²) in [6.45, 7) is 8.06. The third-order valence-corrected chi connectivity index (χ3v) is 4.65. The van der Waals surface area contributed by atoms with Crippen molar-refractivity contribution in [1.29, 1.82) is 0 Å². The Morgan fingerprint density at radius 1 is 1.38 bits per heavy atom. The molecule has 7 nitrogen and oxygen atoms in total. The molecule has 3 heterocycles. The number of H-pyrrole nitrogens is 1. The highest BCUT2D eigenvalue weighted by atomic mass is 16.2. The van der Waals surface area contributed by atoms with Crippen LogP contribution in [-0.2, 0) is 11.3 Å². The van der Waals surface area contributed by atoms with Crippen LogP contribution < -0.4 is 5.32 Å². The summed E-state index contributed by atoms with van der Waals surface area (Å²) in [6.07, 6.45) is 7.40. The summed E-state index contributed by atoms with van der Waals surface area (Å²) >= 11 is 0. The Balaban J connectivity index is 1.62. The second kappa shape index (κ2) is 7.17. The molecule has 0 saturated carbocycles. The van der Waals surface area contributed by atoms with Crippen LogP contribution in [0.4, 0.5) is 5.69 Å². The fourth-order valence-corrected chi connectivity index (χ4v) is 3.36. The maximum absolute atomic E-state index is 12.5. The number of aromatic nitrogens is 4. The number of nitrogens with zero attached hydrogens (tertiary/aromatic N) is 4. The van der Waals surface area contributed by atoms with Crippen molar-refractivity contribution in [1.82, 2.24) is 24.9 Å². The molecule has 0 spiro atoms. The molecular formula is C17H26N6O. The van der Waals surface area contributed by atoms with Crippen molar-refractivity contribution < 1.29 is 4.79 Å². The van der Waals surface area contributed by atoms with Crippen LogP contribution in [0, 0.1) is 20.8 Å². The fraction of sp³-hybridized carbons (Fsp3) is 0.588. The van der Waals surface area contributed by atoms with Crippen LogP contribution in [0.3, 0.4) is 0 Å². The van der Waals surface area contributed by atoms with E-state index in [1.54, 1.807) is 0 Å². The number of rotatable bonds is 5. The maximum atomic E-state index is 12.5. The minimum Gasteiger partial charge on any atom is -0.322 e. The van der Waals surface area contributed by atoms with Gasteiger partial charge in [-0.1, -0.05) is 6.42 Å². The van der Waals surface area contributed by atoms with Gasteiger partial charge in [0.2, 0.25) is 5.91 Å². The van der Waals surface area contributed by atoms with Crippen molar-refractivity contribution in [2.45, 2.75) is 52.6 Å². The minimum atomic E-state index is 0.0196. The molecular weight excluding hydrogens is 304 g/mol. The van der Waals surface area contributed by atoms with E-state index in [-0.39, 0.29) is 5.91 Å². The Bertz CT molecular complexity index is 684. The lowest BCUT2D eigenvalue weighted by Crippen LogP contribution is -2.46. The van der Waals surface area contributed by atoms with Crippen molar-refractivity contribution in [2.75, 3.05) is 18.4 Å². The zero-order chi connectivity index (χ0) is 17.1.